The van der Waals surface area contributed by atoms with E-state index in [-0.39, 0.29) is 6.03 Å². The molecule has 0 atom stereocenters. The van der Waals surface area contributed by atoms with Crippen LogP contribution in [0.25, 0.3) is 0 Å². The largest absolute Gasteiger partial charge is 0.492 e. The quantitative estimate of drug-likeness (QED) is 0.627. The molecule has 0 aliphatic heterocycles. The molecular weight excluding hydrogens is 376 g/mol. The Morgan fingerprint density at radius 3 is 2.79 bits per heavy atom. The highest BCUT2D eigenvalue weighted by atomic mass is 35.5. The van der Waals surface area contributed by atoms with Crippen molar-refractivity contribution in [1.82, 2.24) is 20.0 Å². The lowest BCUT2D eigenvalue weighted by Crippen LogP contribution is -2.39. The highest BCUT2D eigenvalue weighted by Crippen LogP contribution is 2.16. The molecule has 3 rings (SSSR count). The topological polar surface area (TPSA) is 59.4 Å². The molecular formula is C21H23ClN4O2. The first-order valence-electron chi connectivity index (χ1n) is 9.03. The number of ether oxygens (including phenoxy) is 1. The summed E-state index contributed by atoms with van der Waals surface area (Å²) >= 11 is 5.93. The van der Waals surface area contributed by atoms with Crippen molar-refractivity contribution in [3.63, 3.8) is 0 Å². The van der Waals surface area contributed by atoms with E-state index < -0.39 is 0 Å². The number of benzene rings is 2. The lowest BCUT2D eigenvalue weighted by Gasteiger charge is -2.18. The van der Waals surface area contributed by atoms with Gasteiger partial charge in [-0.25, -0.2) is 4.79 Å². The van der Waals surface area contributed by atoms with Crippen molar-refractivity contribution >= 4 is 17.6 Å². The number of amides is 2. The number of rotatable bonds is 8. The fourth-order valence-electron chi connectivity index (χ4n) is 2.69. The zero-order chi connectivity index (χ0) is 19.8. The average Bonchev–Trinajstić information content (AvgIpc) is 3.19. The molecule has 1 N–H and O–H groups in total. The van der Waals surface area contributed by atoms with E-state index in [4.69, 9.17) is 16.3 Å². The predicted octanol–water partition coefficient (Wildman–Crippen LogP) is 3.81. The van der Waals surface area contributed by atoms with Gasteiger partial charge in [-0.2, -0.15) is 5.10 Å². The van der Waals surface area contributed by atoms with Crippen LogP contribution in [0, 0.1) is 0 Å². The van der Waals surface area contributed by atoms with E-state index in [1.807, 2.05) is 47.3 Å². The van der Waals surface area contributed by atoms with Gasteiger partial charge in [0.15, 0.2) is 0 Å². The van der Waals surface area contributed by atoms with Gasteiger partial charge in [0.25, 0.3) is 0 Å². The van der Waals surface area contributed by atoms with Crippen molar-refractivity contribution in [3.05, 3.63) is 83.1 Å². The molecule has 7 heteroatoms. The lowest BCUT2D eigenvalue weighted by molar-refractivity contribution is 0.195. The summed E-state index contributed by atoms with van der Waals surface area (Å²) in [5.74, 6) is 0.690. The number of hydrogen-bond donors (Lipinski definition) is 1. The number of carbonyl (C=O) groups is 1. The first-order valence-corrected chi connectivity index (χ1v) is 9.40. The van der Waals surface area contributed by atoms with Crippen molar-refractivity contribution in [2.45, 2.75) is 13.1 Å². The van der Waals surface area contributed by atoms with E-state index in [0.29, 0.717) is 37.0 Å². The molecule has 0 bridgehead atoms. The minimum atomic E-state index is -0.146. The number of hydrogen-bond acceptors (Lipinski definition) is 3. The molecule has 28 heavy (non-hydrogen) atoms. The number of halogens is 1. The van der Waals surface area contributed by atoms with Crippen LogP contribution in [0.4, 0.5) is 4.79 Å². The molecule has 6 nitrogen and oxygen atoms in total. The Morgan fingerprint density at radius 1 is 1.18 bits per heavy atom. The molecule has 0 aliphatic rings. The van der Waals surface area contributed by atoms with Crippen molar-refractivity contribution in [1.29, 1.82) is 0 Å². The van der Waals surface area contributed by atoms with Gasteiger partial charge < -0.3 is 15.0 Å². The summed E-state index contributed by atoms with van der Waals surface area (Å²) < 4.78 is 7.49. The summed E-state index contributed by atoms with van der Waals surface area (Å²) in [6, 6.07) is 17.1. The molecule has 0 saturated heterocycles. The van der Waals surface area contributed by atoms with Crippen molar-refractivity contribution in [2.24, 2.45) is 0 Å². The average molecular weight is 399 g/mol. The summed E-state index contributed by atoms with van der Waals surface area (Å²) in [6.07, 6.45) is 3.69. The Hall–Kier alpha value is -2.99. The molecule has 0 fully saturated rings. The Bertz CT molecular complexity index is 899. The molecule has 2 aromatic carbocycles. The molecule has 0 aliphatic carbocycles. The van der Waals surface area contributed by atoms with Gasteiger partial charge in [-0.05, 0) is 35.4 Å². The molecule has 0 radical (unpaired) electrons. The second-order valence-corrected chi connectivity index (χ2v) is 6.85. The zero-order valence-corrected chi connectivity index (χ0v) is 16.5. The third-order valence-electron chi connectivity index (χ3n) is 4.18. The molecule has 1 heterocycles. The SMILES string of the molecule is CN(CCOc1cccc(Cl)c1)C(=O)NCc1cccc(Cn2cccn2)c1. The van der Waals surface area contributed by atoms with Crippen LogP contribution in [0.15, 0.2) is 67.0 Å². The van der Waals surface area contributed by atoms with Gasteiger partial charge >= 0.3 is 6.03 Å². The highest BCUT2D eigenvalue weighted by molar-refractivity contribution is 6.30. The van der Waals surface area contributed by atoms with Gasteiger partial charge in [0, 0.05) is 31.0 Å². The number of nitrogens with one attached hydrogen (secondary N) is 1. The molecule has 3 aromatic rings. The van der Waals surface area contributed by atoms with Crippen LogP contribution in [0.5, 0.6) is 5.75 Å². The van der Waals surface area contributed by atoms with Crippen LogP contribution in [0.2, 0.25) is 5.02 Å². The Morgan fingerprint density at radius 2 is 2.00 bits per heavy atom. The first kappa shape index (κ1) is 19.8. The zero-order valence-electron chi connectivity index (χ0n) is 15.7. The van der Waals surface area contributed by atoms with E-state index >= 15 is 0 Å². The lowest BCUT2D eigenvalue weighted by atomic mass is 10.1. The molecule has 0 saturated carbocycles. The van der Waals surface area contributed by atoms with Crippen LogP contribution >= 0.6 is 11.6 Å². The van der Waals surface area contributed by atoms with Crippen LogP contribution < -0.4 is 10.1 Å². The highest BCUT2D eigenvalue weighted by Gasteiger charge is 2.08. The Kier molecular flexibility index (Phi) is 6.92. The van der Waals surface area contributed by atoms with Gasteiger partial charge in [0.05, 0.1) is 13.1 Å². The Balaban J connectivity index is 1.43. The second kappa shape index (κ2) is 9.80. The van der Waals surface area contributed by atoms with E-state index in [1.165, 1.54) is 0 Å². The summed E-state index contributed by atoms with van der Waals surface area (Å²) in [4.78, 5) is 13.9. The molecule has 146 valence electrons. The minimum Gasteiger partial charge on any atom is -0.492 e. The maximum atomic E-state index is 12.3. The van der Waals surface area contributed by atoms with Crippen LogP contribution in [0.1, 0.15) is 11.1 Å². The summed E-state index contributed by atoms with van der Waals surface area (Å²) in [5, 5.41) is 7.77. The van der Waals surface area contributed by atoms with Gasteiger partial charge in [0.1, 0.15) is 12.4 Å². The van der Waals surface area contributed by atoms with Crippen LogP contribution in [-0.4, -0.2) is 40.9 Å². The van der Waals surface area contributed by atoms with Gasteiger partial charge in [-0.1, -0.05) is 41.9 Å². The third-order valence-corrected chi connectivity index (χ3v) is 4.41. The molecule has 0 spiro atoms. The first-order chi connectivity index (χ1) is 13.6. The number of urea groups is 1. The molecule has 1 aromatic heterocycles. The maximum Gasteiger partial charge on any atom is 0.317 e. The van der Waals surface area contributed by atoms with E-state index in [9.17, 15) is 4.79 Å². The van der Waals surface area contributed by atoms with E-state index in [0.717, 1.165) is 11.1 Å². The Labute approximate surface area is 169 Å². The van der Waals surface area contributed by atoms with Crippen LogP contribution in [-0.2, 0) is 13.1 Å². The van der Waals surface area contributed by atoms with E-state index in [2.05, 4.69) is 16.5 Å². The monoisotopic (exact) mass is 398 g/mol. The standard InChI is InChI=1S/C21H23ClN4O2/c1-25(11-12-28-20-8-3-7-19(22)14-20)21(27)23-15-17-5-2-6-18(13-17)16-26-10-4-9-24-26/h2-10,13-14H,11-12,15-16H2,1H3,(H,23,27). The number of carbonyl (C=O) groups excluding carboxylic acids is 1. The van der Waals surface area contributed by atoms with Crippen LogP contribution in [0.3, 0.4) is 0 Å². The van der Waals surface area contributed by atoms with Gasteiger partial charge in [-0.15, -0.1) is 0 Å². The van der Waals surface area contributed by atoms with Crippen molar-refractivity contribution in [3.8, 4) is 5.75 Å². The van der Waals surface area contributed by atoms with E-state index in [1.54, 1.807) is 30.3 Å². The maximum absolute atomic E-state index is 12.3. The number of likely N-dealkylation sites (N-methyl/N-ethyl adjacent to an activating group) is 1. The summed E-state index contributed by atoms with van der Waals surface area (Å²) in [7, 11) is 1.74. The second-order valence-electron chi connectivity index (χ2n) is 6.41. The van der Waals surface area contributed by atoms with Gasteiger partial charge in [0.2, 0.25) is 0 Å². The minimum absolute atomic E-state index is 0.146. The van der Waals surface area contributed by atoms with Crippen molar-refractivity contribution in [2.75, 3.05) is 20.2 Å². The number of aromatic nitrogens is 2. The summed E-state index contributed by atoms with van der Waals surface area (Å²) in [6.45, 7) is 2.03. The smallest absolute Gasteiger partial charge is 0.317 e. The van der Waals surface area contributed by atoms with Crippen molar-refractivity contribution < 1.29 is 9.53 Å². The molecule has 0 unspecified atom stereocenters. The van der Waals surface area contributed by atoms with Gasteiger partial charge in [-0.3, -0.25) is 4.68 Å². The normalized spacial score (nSPS) is 10.5. The number of nitrogens with zero attached hydrogens (tertiary/aromatic N) is 3. The summed E-state index contributed by atoms with van der Waals surface area (Å²) in [5.41, 5.74) is 2.18. The predicted molar refractivity (Wildman–Crippen MR) is 110 cm³/mol. The molecule has 2 amide bonds. The fraction of sp³-hybridized carbons (Fsp3) is 0.238. The third kappa shape index (κ3) is 6.03. The fourth-order valence-corrected chi connectivity index (χ4v) is 2.87.